The molecule has 0 amide bonds. The summed E-state index contributed by atoms with van der Waals surface area (Å²) < 4.78 is 44.2. The smallest absolute Gasteiger partial charge is 0.342 e. The molecule has 0 aliphatic heterocycles. The molecule has 1 rings (SSSR count). The van der Waals surface area contributed by atoms with Crippen LogP contribution in [0.25, 0.3) is 0 Å². The number of hydrogen-bond donors (Lipinski definition) is 1. The van der Waals surface area contributed by atoms with E-state index in [1.807, 2.05) is 0 Å². The Morgan fingerprint density at radius 1 is 1.40 bits per heavy atom. The van der Waals surface area contributed by atoms with E-state index in [2.05, 4.69) is 9.46 Å². The second-order valence-electron chi connectivity index (χ2n) is 3.93. The summed E-state index contributed by atoms with van der Waals surface area (Å²) in [5, 5.41) is -0.139. The Morgan fingerprint density at radius 3 is 2.60 bits per heavy atom. The third-order valence-corrected chi connectivity index (χ3v) is 4.10. The topological polar surface area (TPSA) is 72.5 Å². The fraction of sp³-hybridized carbons (Fsp3) is 0.417. The van der Waals surface area contributed by atoms with Crippen LogP contribution in [0, 0.1) is 5.82 Å². The van der Waals surface area contributed by atoms with Crippen LogP contribution in [0.2, 0.25) is 5.02 Å². The second kappa shape index (κ2) is 6.90. The third kappa shape index (κ3) is 4.08. The van der Waals surface area contributed by atoms with Crippen molar-refractivity contribution in [2.24, 2.45) is 0 Å². The molecule has 20 heavy (non-hydrogen) atoms. The zero-order chi connectivity index (χ0) is 15.3. The summed E-state index contributed by atoms with van der Waals surface area (Å²) in [6.07, 6.45) is 0.384. The van der Waals surface area contributed by atoms with Gasteiger partial charge in [-0.1, -0.05) is 18.5 Å². The van der Waals surface area contributed by atoms with Crippen LogP contribution in [0.3, 0.4) is 0 Å². The first kappa shape index (κ1) is 16.7. The molecule has 0 fully saturated rings. The zero-order valence-electron chi connectivity index (χ0n) is 11.1. The number of benzene rings is 1. The number of anilines is 1. The normalized spacial score (nSPS) is 11.2. The third-order valence-electron chi connectivity index (χ3n) is 2.31. The summed E-state index contributed by atoms with van der Waals surface area (Å²) in [5.41, 5.74) is -0.809. The lowest BCUT2D eigenvalue weighted by atomic mass is 10.2. The summed E-state index contributed by atoms with van der Waals surface area (Å²) in [6.45, 7) is 3.30. The van der Waals surface area contributed by atoms with Crippen molar-refractivity contribution in [3.8, 4) is 0 Å². The lowest BCUT2D eigenvalue weighted by Gasteiger charge is -2.11. The Balaban J connectivity index is 3.19. The molecule has 1 N–H and O–H groups in total. The Labute approximate surface area is 122 Å². The van der Waals surface area contributed by atoms with Crippen LogP contribution in [-0.2, 0) is 14.8 Å². The number of esters is 1. The highest BCUT2D eigenvalue weighted by Gasteiger charge is 2.22. The average molecular weight is 324 g/mol. The lowest BCUT2D eigenvalue weighted by molar-refractivity contribution is 0.0521. The van der Waals surface area contributed by atoms with Gasteiger partial charge >= 0.3 is 5.97 Å². The van der Waals surface area contributed by atoms with Crippen molar-refractivity contribution in [2.45, 2.75) is 20.3 Å². The van der Waals surface area contributed by atoms with E-state index in [0.29, 0.717) is 6.42 Å². The Kier molecular flexibility index (Phi) is 5.76. The van der Waals surface area contributed by atoms with E-state index in [4.69, 9.17) is 11.6 Å². The minimum Gasteiger partial charge on any atom is -0.462 e. The number of carbonyl (C=O) groups excluding carboxylic acids is 1. The largest absolute Gasteiger partial charge is 0.462 e. The average Bonchev–Trinajstić information content (AvgIpc) is 2.33. The summed E-state index contributed by atoms with van der Waals surface area (Å²) in [4.78, 5) is 11.6. The van der Waals surface area contributed by atoms with Crippen molar-refractivity contribution >= 4 is 33.3 Å². The molecule has 0 unspecified atom stereocenters. The van der Waals surface area contributed by atoms with Gasteiger partial charge in [0.05, 0.1) is 23.1 Å². The molecular weight excluding hydrogens is 309 g/mol. The van der Waals surface area contributed by atoms with E-state index in [-0.39, 0.29) is 23.1 Å². The fourth-order valence-electron chi connectivity index (χ4n) is 1.51. The van der Waals surface area contributed by atoms with Gasteiger partial charge in [0.15, 0.2) is 5.82 Å². The monoisotopic (exact) mass is 323 g/mol. The molecule has 5 nitrogen and oxygen atoms in total. The maximum Gasteiger partial charge on any atom is 0.342 e. The van der Waals surface area contributed by atoms with Gasteiger partial charge < -0.3 is 4.74 Å². The van der Waals surface area contributed by atoms with Crippen molar-refractivity contribution in [3.05, 3.63) is 28.5 Å². The molecule has 0 saturated heterocycles. The molecule has 0 atom stereocenters. The molecule has 0 saturated carbocycles. The zero-order valence-corrected chi connectivity index (χ0v) is 12.6. The van der Waals surface area contributed by atoms with Gasteiger partial charge in [0.1, 0.15) is 5.56 Å². The van der Waals surface area contributed by atoms with Gasteiger partial charge in [-0.05, 0) is 25.5 Å². The molecule has 8 heteroatoms. The number of nitrogens with one attached hydrogen (secondary N) is 1. The predicted molar refractivity (Wildman–Crippen MR) is 75.1 cm³/mol. The van der Waals surface area contributed by atoms with E-state index in [0.717, 1.165) is 6.07 Å². The standard InChI is InChI=1S/C12H15ClFNO4S/c1-3-7-20(17,18)15-9-6-5-8(13)10(11(9)14)12(16)19-4-2/h5-6,15H,3-4,7H2,1-2H3. The Bertz CT molecular complexity index is 604. The maximum atomic E-state index is 14.2. The molecule has 0 spiro atoms. The summed E-state index contributed by atoms with van der Waals surface area (Å²) in [6, 6.07) is 2.40. The van der Waals surface area contributed by atoms with E-state index >= 15 is 0 Å². The molecule has 112 valence electrons. The van der Waals surface area contributed by atoms with Crippen LogP contribution in [0.5, 0.6) is 0 Å². The molecule has 0 aliphatic carbocycles. The molecule has 0 aliphatic rings. The van der Waals surface area contributed by atoms with Gasteiger partial charge in [0, 0.05) is 0 Å². The SMILES string of the molecule is CCCS(=O)(=O)Nc1ccc(Cl)c(C(=O)OCC)c1F. The molecule has 0 radical (unpaired) electrons. The first-order valence-corrected chi connectivity index (χ1v) is 8.01. The fourth-order valence-corrected chi connectivity index (χ4v) is 2.86. The number of sulfonamides is 1. The van der Waals surface area contributed by atoms with Crippen molar-refractivity contribution in [2.75, 3.05) is 17.1 Å². The number of rotatable bonds is 6. The quantitative estimate of drug-likeness (QED) is 0.817. The van der Waals surface area contributed by atoms with Crippen molar-refractivity contribution in [3.63, 3.8) is 0 Å². The Hall–Kier alpha value is -1.34. The highest BCUT2D eigenvalue weighted by molar-refractivity contribution is 7.92. The van der Waals surface area contributed by atoms with Crippen LogP contribution >= 0.6 is 11.6 Å². The molecule has 0 bridgehead atoms. The summed E-state index contributed by atoms with van der Waals surface area (Å²) in [5.74, 6) is -2.13. The van der Waals surface area contributed by atoms with Crippen LogP contribution in [-0.4, -0.2) is 26.7 Å². The van der Waals surface area contributed by atoms with Gasteiger partial charge in [-0.3, -0.25) is 4.72 Å². The highest BCUT2D eigenvalue weighted by atomic mass is 35.5. The first-order chi connectivity index (χ1) is 9.32. The highest BCUT2D eigenvalue weighted by Crippen LogP contribution is 2.27. The van der Waals surface area contributed by atoms with Gasteiger partial charge in [-0.25, -0.2) is 17.6 Å². The number of carbonyl (C=O) groups is 1. The molecule has 1 aromatic rings. The lowest BCUT2D eigenvalue weighted by Crippen LogP contribution is -2.18. The van der Waals surface area contributed by atoms with Crippen LogP contribution in [0.1, 0.15) is 30.6 Å². The second-order valence-corrected chi connectivity index (χ2v) is 6.17. The first-order valence-electron chi connectivity index (χ1n) is 5.98. The van der Waals surface area contributed by atoms with Crippen molar-refractivity contribution < 1.29 is 22.3 Å². The number of halogens is 2. The van der Waals surface area contributed by atoms with Crippen LogP contribution in [0.15, 0.2) is 12.1 Å². The Morgan fingerprint density at radius 2 is 2.05 bits per heavy atom. The summed E-state index contributed by atoms with van der Waals surface area (Å²) in [7, 11) is -3.66. The van der Waals surface area contributed by atoms with E-state index in [1.54, 1.807) is 13.8 Å². The van der Waals surface area contributed by atoms with E-state index in [9.17, 15) is 17.6 Å². The van der Waals surface area contributed by atoms with E-state index < -0.39 is 27.4 Å². The molecule has 0 heterocycles. The van der Waals surface area contributed by atoms with Gasteiger partial charge in [0.25, 0.3) is 0 Å². The molecule has 0 aromatic heterocycles. The minimum absolute atomic E-state index is 0.0559. The van der Waals surface area contributed by atoms with Crippen molar-refractivity contribution in [1.29, 1.82) is 0 Å². The number of hydrogen-bond acceptors (Lipinski definition) is 4. The van der Waals surface area contributed by atoms with Gasteiger partial charge in [0.2, 0.25) is 10.0 Å². The van der Waals surface area contributed by atoms with Gasteiger partial charge in [-0.2, -0.15) is 0 Å². The van der Waals surface area contributed by atoms with Gasteiger partial charge in [-0.15, -0.1) is 0 Å². The number of ether oxygens (including phenoxy) is 1. The molecule has 1 aromatic carbocycles. The summed E-state index contributed by atoms with van der Waals surface area (Å²) >= 11 is 5.75. The minimum atomic E-state index is -3.66. The van der Waals surface area contributed by atoms with Crippen LogP contribution < -0.4 is 4.72 Å². The predicted octanol–water partition coefficient (Wildman–Crippen LogP) is 2.81. The maximum absolute atomic E-state index is 14.2. The molecular formula is C12H15ClFNO4S. The van der Waals surface area contributed by atoms with E-state index in [1.165, 1.54) is 6.07 Å². The van der Waals surface area contributed by atoms with Crippen LogP contribution in [0.4, 0.5) is 10.1 Å². The van der Waals surface area contributed by atoms with Crippen molar-refractivity contribution in [1.82, 2.24) is 0 Å².